The van der Waals surface area contributed by atoms with Gasteiger partial charge in [0.1, 0.15) is 11.5 Å². The van der Waals surface area contributed by atoms with Crippen molar-refractivity contribution in [3.63, 3.8) is 0 Å². The number of carbonyl (C=O) groups excluding carboxylic acids is 1. The van der Waals surface area contributed by atoms with Crippen LogP contribution in [-0.4, -0.2) is 41.2 Å². The number of hydrogen-bond donors (Lipinski definition) is 3. The summed E-state index contributed by atoms with van der Waals surface area (Å²) in [5, 5.41) is 20.9. The number of amides is 1. The van der Waals surface area contributed by atoms with Gasteiger partial charge in [-0.15, -0.1) is 5.10 Å². The molecule has 0 aliphatic heterocycles. The van der Waals surface area contributed by atoms with Crippen LogP contribution in [0.4, 0.5) is 11.6 Å². The van der Waals surface area contributed by atoms with Gasteiger partial charge in [-0.1, -0.05) is 20.8 Å². The molecule has 29 heavy (non-hydrogen) atoms. The number of aromatic nitrogens is 5. The smallest absolute Gasteiger partial charge is 0.291 e. The van der Waals surface area contributed by atoms with Crippen LogP contribution in [0.25, 0.3) is 5.65 Å². The molecule has 1 saturated carbocycles. The summed E-state index contributed by atoms with van der Waals surface area (Å²) in [6.07, 6.45) is 6.35. The highest BCUT2D eigenvalue weighted by atomic mass is 16.3. The normalized spacial score (nSPS) is 14.2. The molecule has 152 valence electrons. The Balaban J connectivity index is 1.85. The van der Waals surface area contributed by atoms with Crippen molar-refractivity contribution in [1.82, 2.24) is 29.5 Å². The monoisotopic (exact) mass is 397 g/mol. The van der Waals surface area contributed by atoms with Gasteiger partial charge < -0.3 is 15.7 Å². The molecule has 4 rings (SSSR count). The Morgan fingerprint density at radius 2 is 2.03 bits per heavy atom. The highest BCUT2D eigenvalue weighted by molar-refractivity contribution is 5.96. The van der Waals surface area contributed by atoms with Crippen LogP contribution < -0.4 is 16.2 Å². The fraction of sp³-hybridized carbons (Fsp3) is 0.421. The van der Waals surface area contributed by atoms with Crippen LogP contribution in [0.2, 0.25) is 0 Å². The van der Waals surface area contributed by atoms with Crippen LogP contribution in [0, 0.1) is 5.41 Å². The molecule has 1 amide bonds. The predicted molar refractivity (Wildman–Crippen MR) is 106 cm³/mol. The molecule has 10 heteroatoms. The third-order valence-corrected chi connectivity index (χ3v) is 4.44. The Kier molecular flexibility index (Phi) is 4.48. The molecule has 0 bridgehead atoms. The molecular weight excluding hydrogens is 374 g/mol. The van der Waals surface area contributed by atoms with E-state index in [1.54, 1.807) is 12.3 Å². The minimum Gasteiger partial charge on any atom is -0.494 e. The van der Waals surface area contributed by atoms with E-state index in [9.17, 15) is 14.7 Å². The number of anilines is 2. The minimum atomic E-state index is -0.673. The van der Waals surface area contributed by atoms with Crippen LogP contribution >= 0.6 is 0 Å². The maximum absolute atomic E-state index is 13.0. The Morgan fingerprint density at radius 1 is 1.28 bits per heavy atom. The van der Waals surface area contributed by atoms with E-state index >= 15 is 0 Å². The Morgan fingerprint density at radius 3 is 2.66 bits per heavy atom. The lowest BCUT2D eigenvalue weighted by molar-refractivity contribution is 0.0944. The lowest BCUT2D eigenvalue weighted by Crippen LogP contribution is -2.35. The summed E-state index contributed by atoms with van der Waals surface area (Å²) in [5.74, 6) is -0.133. The van der Waals surface area contributed by atoms with Crippen LogP contribution in [0.1, 0.15) is 44.0 Å². The molecular formula is C19H23N7O3. The molecule has 3 aromatic rings. The number of carbonyl (C=O) groups is 1. The average Bonchev–Trinajstić information content (AvgIpc) is 3.35. The lowest BCUT2D eigenvalue weighted by Gasteiger charge is -2.23. The van der Waals surface area contributed by atoms with Crippen molar-refractivity contribution in [1.29, 1.82) is 0 Å². The lowest BCUT2D eigenvalue weighted by atomic mass is 9.96. The Bertz CT molecular complexity index is 1120. The number of nitrogens with one attached hydrogen (secondary N) is 2. The average molecular weight is 397 g/mol. The minimum absolute atomic E-state index is 0.0552. The number of hydrogen-bond acceptors (Lipinski definition) is 7. The number of aromatic hydroxyl groups is 1. The number of fused-ring (bicyclic) bond motifs is 1. The molecule has 1 fully saturated rings. The van der Waals surface area contributed by atoms with Gasteiger partial charge >= 0.3 is 0 Å². The summed E-state index contributed by atoms with van der Waals surface area (Å²) in [5.41, 5.74) is -0.826. The van der Waals surface area contributed by atoms with Gasteiger partial charge in [-0.2, -0.15) is 4.52 Å². The fourth-order valence-corrected chi connectivity index (χ4v) is 3.03. The van der Waals surface area contributed by atoms with E-state index in [1.807, 2.05) is 20.8 Å². The van der Waals surface area contributed by atoms with Crippen molar-refractivity contribution in [2.24, 2.45) is 5.41 Å². The van der Waals surface area contributed by atoms with Crippen LogP contribution in [0.15, 0.2) is 29.5 Å². The van der Waals surface area contributed by atoms with Gasteiger partial charge in [0.05, 0.1) is 6.20 Å². The molecule has 0 radical (unpaired) electrons. The van der Waals surface area contributed by atoms with E-state index < -0.39 is 11.5 Å². The van der Waals surface area contributed by atoms with Crippen molar-refractivity contribution in [3.05, 3.63) is 40.6 Å². The topological polar surface area (TPSA) is 126 Å². The molecule has 0 saturated heterocycles. The molecule has 1 aliphatic rings. The second-order valence-electron chi connectivity index (χ2n) is 8.41. The molecule has 10 nitrogen and oxygen atoms in total. The molecule has 0 aromatic carbocycles. The first-order valence-corrected chi connectivity index (χ1v) is 9.42. The van der Waals surface area contributed by atoms with E-state index in [0.717, 1.165) is 17.4 Å². The zero-order chi connectivity index (χ0) is 20.8. The third-order valence-electron chi connectivity index (χ3n) is 4.44. The highest BCUT2D eigenvalue weighted by Gasteiger charge is 2.30. The van der Waals surface area contributed by atoms with Crippen LogP contribution in [0.5, 0.6) is 5.88 Å². The fourth-order valence-electron chi connectivity index (χ4n) is 3.03. The molecule has 3 heterocycles. The quantitative estimate of drug-likeness (QED) is 0.598. The number of nitrogens with zero attached hydrogens (tertiary/aromatic N) is 5. The standard InChI is InChI=1S/C19H23N7O3/c1-19(2,3)10-25-14-8-12(23-13-9-20-6-7-21-13)24-26(14)18(29)15(17(25)28)16(27)22-11-4-5-11/h6-9,11,28H,4-5,10H2,1-3H3,(H,22,27)(H,21,23,24). The maximum atomic E-state index is 13.0. The van der Waals surface area contributed by atoms with Gasteiger partial charge in [0.25, 0.3) is 11.5 Å². The van der Waals surface area contributed by atoms with E-state index in [4.69, 9.17) is 0 Å². The van der Waals surface area contributed by atoms with E-state index in [2.05, 4.69) is 25.7 Å². The van der Waals surface area contributed by atoms with Gasteiger partial charge in [-0.25, -0.2) is 4.98 Å². The first-order valence-electron chi connectivity index (χ1n) is 9.42. The van der Waals surface area contributed by atoms with Crippen molar-refractivity contribution < 1.29 is 9.90 Å². The highest BCUT2D eigenvalue weighted by Crippen LogP contribution is 2.27. The molecule has 0 atom stereocenters. The van der Waals surface area contributed by atoms with Crippen LogP contribution in [-0.2, 0) is 6.54 Å². The summed E-state index contributed by atoms with van der Waals surface area (Å²) in [6.45, 7) is 6.38. The summed E-state index contributed by atoms with van der Waals surface area (Å²) in [7, 11) is 0. The zero-order valence-corrected chi connectivity index (χ0v) is 16.5. The summed E-state index contributed by atoms with van der Waals surface area (Å²) >= 11 is 0. The van der Waals surface area contributed by atoms with Crippen molar-refractivity contribution in [2.75, 3.05) is 5.32 Å². The van der Waals surface area contributed by atoms with Crippen molar-refractivity contribution >= 4 is 23.2 Å². The van der Waals surface area contributed by atoms with Gasteiger partial charge in [0.15, 0.2) is 11.4 Å². The van der Waals surface area contributed by atoms with Crippen molar-refractivity contribution in [3.8, 4) is 5.88 Å². The first kappa shape index (κ1) is 18.9. The molecule has 3 aromatic heterocycles. The van der Waals surface area contributed by atoms with E-state index in [1.165, 1.54) is 17.0 Å². The van der Waals surface area contributed by atoms with Crippen molar-refractivity contribution in [2.45, 2.75) is 46.2 Å². The Labute approximate surface area is 166 Å². The van der Waals surface area contributed by atoms with Gasteiger partial charge in [-0.3, -0.25) is 19.1 Å². The van der Waals surface area contributed by atoms with Crippen LogP contribution in [0.3, 0.4) is 0 Å². The largest absolute Gasteiger partial charge is 0.494 e. The van der Waals surface area contributed by atoms with E-state index in [0.29, 0.717) is 23.8 Å². The maximum Gasteiger partial charge on any atom is 0.291 e. The van der Waals surface area contributed by atoms with Gasteiger partial charge in [-0.05, 0) is 18.3 Å². The zero-order valence-electron chi connectivity index (χ0n) is 16.5. The summed E-state index contributed by atoms with van der Waals surface area (Å²) < 4.78 is 2.67. The second kappa shape index (κ2) is 6.87. The van der Waals surface area contributed by atoms with E-state index in [-0.39, 0.29) is 22.9 Å². The molecule has 1 aliphatic carbocycles. The number of rotatable bonds is 5. The SMILES string of the molecule is CC(C)(C)Cn1c(O)c(C(=O)NC2CC2)c(=O)n2nc(Nc3cnccn3)cc12. The summed E-state index contributed by atoms with van der Waals surface area (Å²) in [6, 6.07) is 1.68. The predicted octanol–water partition coefficient (Wildman–Crippen LogP) is 1.67. The molecule has 3 N–H and O–H groups in total. The first-order chi connectivity index (χ1) is 13.7. The molecule has 0 spiro atoms. The summed E-state index contributed by atoms with van der Waals surface area (Å²) in [4.78, 5) is 33.7. The van der Waals surface area contributed by atoms with Gasteiger partial charge in [0.2, 0.25) is 5.88 Å². The van der Waals surface area contributed by atoms with Gasteiger partial charge in [0, 0.05) is 31.0 Å². The molecule has 0 unspecified atom stereocenters. The third kappa shape index (κ3) is 3.91. The Hall–Kier alpha value is -3.43. The second-order valence-corrected chi connectivity index (χ2v) is 8.41.